The van der Waals surface area contributed by atoms with Crippen molar-refractivity contribution in [2.75, 3.05) is 20.8 Å². The van der Waals surface area contributed by atoms with E-state index in [1.54, 1.807) is 14.2 Å². The van der Waals surface area contributed by atoms with Crippen LogP contribution in [0, 0.1) is 0 Å². The minimum absolute atomic E-state index is 0.374. The Morgan fingerprint density at radius 1 is 1.40 bits per heavy atom. The van der Waals surface area contributed by atoms with Gasteiger partial charge in [-0.25, -0.2) is 0 Å². The number of hydrogen-bond donors (Lipinski definition) is 0. The molecule has 0 aromatic heterocycles. The summed E-state index contributed by atoms with van der Waals surface area (Å²) in [4.78, 5) is 0. The van der Waals surface area contributed by atoms with Crippen LogP contribution in [0.25, 0.3) is 0 Å². The Kier molecular flexibility index (Phi) is 3.17. The van der Waals surface area contributed by atoms with Crippen LogP contribution in [0.1, 0.15) is 5.56 Å². The predicted octanol–water partition coefficient (Wildman–Crippen LogP) is 2.41. The van der Waals surface area contributed by atoms with Gasteiger partial charge in [-0.2, -0.15) is 0 Å². The summed E-state index contributed by atoms with van der Waals surface area (Å²) in [5, 5.41) is 0. The van der Waals surface area contributed by atoms with Gasteiger partial charge in [0, 0.05) is 6.42 Å². The number of rotatable bonds is 4. The van der Waals surface area contributed by atoms with Crippen molar-refractivity contribution in [1.82, 2.24) is 0 Å². The summed E-state index contributed by atoms with van der Waals surface area (Å²) in [6.07, 6.45) is 1.29. The Morgan fingerprint density at radius 3 is 2.67 bits per heavy atom. The number of benzene rings is 1. The maximum absolute atomic E-state index is 5.30. The first-order chi connectivity index (χ1) is 7.26. The average Bonchev–Trinajstić information content (AvgIpc) is 3.04. The number of hydrogen-bond acceptors (Lipinski definition) is 3. The van der Waals surface area contributed by atoms with Gasteiger partial charge in [-0.3, -0.25) is 0 Å². The average molecular weight is 273 g/mol. The van der Waals surface area contributed by atoms with Crippen LogP contribution in [0.3, 0.4) is 0 Å². The molecule has 0 radical (unpaired) electrons. The van der Waals surface area contributed by atoms with Crippen molar-refractivity contribution < 1.29 is 14.2 Å². The highest BCUT2D eigenvalue weighted by Crippen LogP contribution is 2.38. The van der Waals surface area contributed by atoms with Gasteiger partial charge in [-0.1, -0.05) is 6.07 Å². The van der Waals surface area contributed by atoms with Crippen LogP contribution < -0.4 is 9.47 Å². The summed E-state index contributed by atoms with van der Waals surface area (Å²) >= 11 is 3.53. The lowest BCUT2D eigenvalue weighted by Gasteiger charge is -2.12. The predicted molar refractivity (Wildman–Crippen MR) is 60.7 cm³/mol. The molecule has 82 valence electrons. The van der Waals surface area contributed by atoms with Crippen molar-refractivity contribution in [2.24, 2.45) is 0 Å². The molecule has 0 N–H and O–H groups in total. The van der Waals surface area contributed by atoms with E-state index in [1.807, 2.05) is 12.1 Å². The zero-order valence-electron chi connectivity index (χ0n) is 8.75. The van der Waals surface area contributed by atoms with E-state index in [0.29, 0.717) is 6.10 Å². The highest BCUT2D eigenvalue weighted by Gasteiger charge is 2.25. The molecule has 0 aliphatic carbocycles. The van der Waals surface area contributed by atoms with Crippen molar-refractivity contribution in [2.45, 2.75) is 12.5 Å². The highest BCUT2D eigenvalue weighted by molar-refractivity contribution is 9.10. The molecule has 1 aliphatic heterocycles. The normalized spacial score (nSPS) is 18.7. The monoisotopic (exact) mass is 272 g/mol. The minimum Gasteiger partial charge on any atom is -0.493 e. The molecule has 1 heterocycles. The maximum Gasteiger partial charge on any atom is 0.175 e. The summed E-state index contributed by atoms with van der Waals surface area (Å²) in [7, 11) is 3.27. The first-order valence-corrected chi connectivity index (χ1v) is 5.56. The molecule has 0 saturated carbocycles. The van der Waals surface area contributed by atoms with E-state index in [0.717, 1.165) is 29.0 Å². The molecule has 0 bridgehead atoms. The van der Waals surface area contributed by atoms with E-state index < -0.39 is 0 Å². The van der Waals surface area contributed by atoms with Crippen LogP contribution in [-0.4, -0.2) is 26.9 Å². The van der Waals surface area contributed by atoms with Gasteiger partial charge in [0.05, 0.1) is 31.4 Å². The summed E-state index contributed by atoms with van der Waals surface area (Å²) in [5.74, 6) is 1.49. The molecule has 1 aromatic rings. The van der Waals surface area contributed by atoms with Gasteiger partial charge >= 0.3 is 0 Å². The van der Waals surface area contributed by atoms with E-state index in [4.69, 9.17) is 14.2 Å². The van der Waals surface area contributed by atoms with Crippen LogP contribution in [0.2, 0.25) is 0 Å². The molecule has 1 aliphatic rings. The summed E-state index contributed by atoms with van der Waals surface area (Å²) in [5.41, 5.74) is 1.19. The Hall–Kier alpha value is -0.740. The molecule has 0 amide bonds. The molecule has 3 nitrogen and oxygen atoms in total. The largest absolute Gasteiger partial charge is 0.493 e. The van der Waals surface area contributed by atoms with E-state index in [9.17, 15) is 0 Å². The Morgan fingerprint density at radius 2 is 2.13 bits per heavy atom. The molecule has 15 heavy (non-hydrogen) atoms. The smallest absolute Gasteiger partial charge is 0.175 e. The second-order valence-corrected chi connectivity index (χ2v) is 4.23. The molecule has 1 unspecified atom stereocenters. The molecule has 1 fully saturated rings. The van der Waals surface area contributed by atoms with Crippen LogP contribution in [-0.2, 0) is 11.2 Å². The molecule has 0 spiro atoms. The van der Waals surface area contributed by atoms with Crippen LogP contribution in [0.5, 0.6) is 11.5 Å². The van der Waals surface area contributed by atoms with Crippen LogP contribution in [0.4, 0.5) is 0 Å². The zero-order valence-corrected chi connectivity index (χ0v) is 10.3. The summed E-state index contributed by atoms with van der Waals surface area (Å²) in [6.45, 7) is 0.862. The van der Waals surface area contributed by atoms with Gasteiger partial charge in [0.1, 0.15) is 0 Å². The van der Waals surface area contributed by atoms with Crippen LogP contribution >= 0.6 is 15.9 Å². The SMILES string of the molecule is COc1ccc(CC2CO2)c(Br)c1OC. The van der Waals surface area contributed by atoms with Gasteiger partial charge in [0.2, 0.25) is 0 Å². The lowest BCUT2D eigenvalue weighted by molar-refractivity contribution is 0.352. The third-order valence-corrected chi connectivity index (χ3v) is 3.28. The zero-order chi connectivity index (χ0) is 10.8. The minimum atomic E-state index is 0.374. The Balaban J connectivity index is 2.31. The number of ether oxygens (including phenoxy) is 3. The third kappa shape index (κ3) is 2.26. The third-order valence-electron chi connectivity index (χ3n) is 2.41. The summed E-state index contributed by atoms with van der Waals surface area (Å²) < 4.78 is 16.7. The molecule has 1 atom stereocenters. The van der Waals surface area contributed by atoms with E-state index in [1.165, 1.54) is 5.56 Å². The fraction of sp³-hybridized carbons (Fsp3) is 0.455. The second kappa shape index (κ2) is 4.41. The van der Waals surface area contributed by atoms with Crippen molar-refractivity contribution in [3.8, 4) is 11.5 Å². The number of halogens is 1. The fourth-order valence-corrected chi connectivity index (χ4v) is 2.17. The lowest BCUT2D eigenvalue weighted by Crippen LogP contribution is -1.98. The van der Waals surface area contributed by atoms with Crippen molar-refractivity contribution in [3.05, 3.63) is 22.2 Å². The van der Waals surface area contributed by atoms with Gasteiger partial charge in [-0.05, 0) is 27.6 Å². The first kappa shape index (κ1) is 10.8. The van der Waals surface area contributed by atoms with E-state index in [-0.39, 0.29) is 0 Å². The molecule has 1 saturated heterocycles. The van der Waals surface area contributed by atoms with Gasteiger partial charge in [0.15, 0.2) is 11.5 Å². The van der Waals surface area contributed by atoms with Crippen molar-refractivity contribution in [1.29, 1.82) is 0 Å². The molecular formula is C11H13BrO3. The molecule has 1 aromatic carbocycles. The first-order valence-electron chi connectivity index (χ1n) is 4.77. The van der Waals surface area contributed by atoms with Gasteiger partial charge in [-0.15, -0.1) is 0 Å². The second-order valence-electron chi connectivity index (χ2n) is 3.43. The molecule has 2 rings (SSSR count). The molecule has 4 heteroatoms. The van der Waals surface area contributed by atoms with Crippen molar-refractivity contribution >= 4 is 15.9 Å². The van der Waals surface area contributed by atoms with Gasteiger partial charge in [0.25, 0.3) is 0 Å². The standard InChI is InChI=1S/C11H13BrO3/c1-13-9-4-3-7(5-8-6-15-8)10(12)11(9)14-2/h3-4,8H,5-6H2,1-2H3. The Bertz CT molecular complexity index is 361. The number of epoxide rings is 1. The lowest BCUT2D eigenvalue weighted by atomic mass is 10.1. The van der Waals surface area contributed by atoms with Crippen LogP contribution in [0.15, 0.2) is 16.6 Å². The van der Waals surface area contributed by atoms with Gasteiger partial charge < -0.3 is 14.2 Å². The number of methoxy groups -OCH3 is 2. The highest BCUT2D eigenvalue weighted by atomic mass is 79.9. The Labute approximate surface area is 97.5 Å². The quantitative estimate of drug-likeness (QED) is 0.789. The fourth-order valence-electron chi connectivity index (χ4n) is 1.52. The topological polar surface area (TPSA) is 31.0 Å². The summed E-state index contributed by atoms with van der Waals surface area (Å²) in [6, 6.07) is 3.95. The van der Waals surface area contributed by atoms with E-state index in [2.05, 4.69) is 15.9 Å². The van der Waals surface area contributed by atoms with Crippen molar-refractivity contribution in [3.63, 3.8) is 0 Å². The molecular weight excluding hydrogens is 260 g/mol. The van der Waals surface area contributed by atoms with E-state index >= 15 is 0 Å². The maximum atomic E-state index is 5.30.